The quantitative estimate of drug-likeness (QED) is 0.867. The summed E-state index contributed by atoms with van der Waals surface area (Å²) in [6.45, 7) is 4.25. The summed E-state index contributed by atoms with van der Waals surface area (Å²) in [6, 6.07) is 4.46. The monoisotopic (exact) mass is 315 g/mol. The third-order valence-electron chi connectivity index (χ3n) is 4.25. The Labute approximate surface area is 137 Å². The lowest BCUT2D eigenvalue weighted by molar-refractivity contribution is 0.209. The molecule has 0 amide bonds. The van der Waals surface area contributed by atoms with Crippen molar-refractivity contribution in [3.63, 3.8) is 0 Å². The van der Waals surface area contributed by atoms with E-state index in [1.807, 2.05) is 48.2 Å². The molecule has 7 heteroatoms. The molecule has 1 fully saturated rings. The van der Waals surface area contributed by atoms with Crippen LogP contribution in [0.15, 0.2) is 30.9 Å². The summed E-state index contributed by atoms with van der Waals surface area (Å²) in [7, 11) is 3.98. The number of nitrogens with zero attached hydrogens (tertiary/aromatic N) is 6. The number of piperidine rings is 1. The van der Waals surface area contributed by atoms with Gasteiger partial charge >= 0.3 is 0 Å². The summed E-state index contributed by atoms with van der Waals surface area (Å²) in [5.74, 6) is 1.85. The van der Waals surface area contributed by atoms with Crippen molar-refractivity contribution in [2.75, 3.05) is 43.9 Å². The predicted molar refractivity (Wildman–Crippen MR) is 91.7 cm³/mol. The zero-order valence-electron chi connectivity index (χ0n) is 13.9. The number of hydrogen-bond acceptors (Lipinski definition) is 6. The Balaban J connectivity index is 1.44. The first-order valence-corrected chi connectivity index (χ1v) is 8.16. The number of anilines is 2. The van der Waals surface area contributed by atoms with Gasteiger partial charge in [-0.3, -0.25) is 4.68 Å². The maximum Gasteiger partial charge on any atom is 0.133 e. The highest BCUT2D eigenvalue weighted by Crippen LogP contribution is 2.17. The SMILES string of the molecule is CN(C)c1cc(NC2CCN(CCn3cccn3)CC2)ncn1. The molecule has 23 heavy (non-hydrogen) atoms. The average molecular weight is 315 g/mol. The molecule has 1 N–H and O–H groups in total. The van der Waals surface area contributed by atoms with E-state index in [9.17, 15) is 0 Å². The maximum atomic E-state index is 4.33. The predicted octanol–water partition coefficient (Wildman–Crippen LogP) is 1.32. The van der Waals surface area contributed by atoms with E-state index in [2.05, 4.69) is 25.3 Å². The van der Waals surface area contributed by atoms with Crippen LogP contribution >= 0.6 is 0 Å². The Morgan fingerprint density at radius 3 is 2.74 bits per heavy atom. The topological polar surface area (TPSA) is 62.1 Å². The van der Waals surface area contributed by atoms with Crippen LogP contribution in [0.1, 0.15) is 12.8 Å². The molecule has 0 atom stereocenters. The van der Waals surface area contributed by atoms with Crippen LogP contribution in [-0.4, -0.2) is 64.4 Å². The molecular formula is C16H25N7. The fourth-order valence-electron chi connectivity index (χ4n) is 2.86. The number of rotatable bonds is 6. The van der Waals surface area contributed by atoms with Gasteiger partial charge in [-0.25, -0.2) is 9.97 Å². The van der Waals surface area contributed by atoms with Crippen molar-refractivity contribution < 1.29 is 0 Å². The molecule has 124 valence electrons. The van der Waals surface area contributed by atoms with Gasteiger partial charge in [0.2, 0.25) is 0 Å². The van der Waals surface area contributed by atoms with Crippen LogP contribution in [0.25, 0.3) is 0 Å². The molecular weight excluding hydrogens is 290 g/mol. The lowest BCUT2D eigenvalue weighted by Crippen LogP contribution is -2.40. The van der Waals surface area contributed by atoms with Gasteiger partial charge in [0, 0.05) is 58.2 Å². The summed E-state index contributed by atoms with van der Waals surface area (Å²) >= 11 is 0. The van der Waals surface area contributed by atoms with E-state index in [1.54, 1.807) is 6.33 Å². The summed E-state index contributed by atoms with van der Waals surface area (Å²) in [5, 5.41) is 7.80. The van der Waals surface area contributed by atoms with E-state index in [0.29, 0.717) is 6.04 Å². The number of nitrogens with one attached hydrogen (secondary N) is 1. The Bertz CT molecular complexity index is 588. The van der Waals surface area contributed by atoms with Crippen LogP contribution in [-0.2, 0) is 6.54 Å². The molecule has 2 aromatic rings. The summed E-state index contributed by atoms with van der Waals surface area (Å²) < 4.78 is 1.99. The summed E-state index contributed by atoms with van der Waals surface area (Å²) in [6.07, 6.45) is 7.75. The third kappa shape index (κ3) is 4.41. The van der Waals surface area contributed by atoms with E-state index in [-0.39, 0.29) is 0 Å². The van der Waals surface area contributed by atoms with Gasteiger partial charge in [-0.15, -0.1) is 0 Å². The van der Waals surface area contributed by atoms with Crippen molar-refractivity contribution in [3.05, 3.63) is 30.9 Å². The fourth-order valence-corrected chi connectivity index (χ4v) is 2.86. The van der Waals surface area contributed by atoms with Gasteiger partial charge in [-0.1, -0.05) is 0 Å². The van der Waals surface area contributed by atoms with Crippen LogP contribution in [0.5, 0.6) is 0 Å². The average Bonchev–Trinajstić information content (AvgIpc) is 3.08. The van der Waals surface area contributed by atoms with Crippen molar-refractivity contribution in [2.45, 2.75) is 25.4 Å². The number of aromatic nitrogens is 4. The van der Waals surface area contributed by atoms with Crippen molar-refractivity contribution in [1.29, 1.82) is 0 Å². The van der Waals surface area contributed by atoms with Crippen molar-refractivity contribution >= 4 is 11.6 Å². The summed E-state index contributed by atoms with van der Waals surface area (Å²) in [5.41, 5.74) is 0. The van der Waals surface area contributed by atoms with E-state index < -0.39 is 0 Å². The Morgan fingerprint density at radius 1 is 1.22 bits per heavy atom. The zero-order chi connectivity index (χ0) is 16.1. The second-order valence-corrected chi connectivity index (χ2v) is 6.19. The van der Waals surface area contributed by atoms with Gasteiger partial charge < -0.3 is 15.1 Å². The standard InChI is InChI=1S/C16H25N7/c1-21(2)16-12-15(17-13-18-16)20-14-4-8-22(9-5-14)10-11-23-7-3-6-19-23/h3,6-7,12-14H,4-5,8-11H2,1-2H3,(H,17,18,20). The van der Waals surface area contributed by atoms with Crippen LogP contribution in [0.3, 0.4) is 0 Å². The van der Waals surface area contributed by atoms with Crippen LogP contribution < -0.4 is 10.2 Å². The number of likely N-dealkylation sites (tertiary alicyclic amines) is 1. The lowest BCUT2D eigenvalue weighted by atomic mass is 10.1. The van der Waals surface area contributed by atoms with Gasteiger partial charge in [-0.05, 0) is 18.9 Å². The third-order valence-corrected chi connectivity index (χ3v) is 4.25. The molecule has 0 aliphatic carbocycles. The Morgan fingerprint density at radius 2 is 2.04 bits per heavy atom. The van der Waals surface area contributed by atoms with E-state index in [0.717, 1.165) is 50.7 Å². The lowest BCUT2D eigenvalue weighted by Gasteiger charge is -2.32. The molecule has 0 spiro atoms. The van der Waals surface area contributed by atoms with Gasteiger partial charge in [0.1, 0.15) is 18.0 Å². The minimum absolute atomic E-state index is 0.487. The van der Waals surface area contributed by atoms with Crippen molar-refractivity contribution in [3.8, 4) is 0 Å². The van der Waals surface area contributed by atoms with Gasteiger partial charge in [0.15, 0.2) is 0 Å². The molecule has 3 heterocycles. The molecule has 0 bridgehead atoms. The molecule has 0 unspecified atom stereocenters. The highest BCUT2D eigenvalue weighted by molar-refractivity contribution is 5.47. The number of hydrogen-bond donors (Lipinski definition) is 1. The largest absolute Gasteiger partial charge is 0.367 e. The maximum absolute atomic E-state index is 4.33. The summed E-state index contributed by atoms with van der Waals surface area (Å²) in [4.78, 5) is 13.1. The second-order valence-electron chi connectivity index (χ2n) is 6.19. The van der Waals surface area contributed by atoms with Crippen molar-refractivity contribution in [1.82, 2.24) is 24.6 Å². The Hall–Kier alpha value is -2.15. The highest BCUT2D eigenvalue weighted by atomic mass is 15.3. The smallest absolute Gasteiger partial charge is 0.133 e. The zero-order valence-corrected chi connectivity index (χ0v) is 13.9. The molecule has 7 nitrogen and oxygen atoms in total. The molecule has 1 saturated heterocycles. The normalized spacial score (nSPS) is 16.4. The molecule has 0 saturated carbocycles. The van der Waals surface area contributed by atoms with Crippen molar-refractivity contribution in [2.24, 2.45) is 0 Å². The van der Waals surface area contributed by atoms with Crippen LogP contribution in [0, 0.1) is 0 Å². The van der Waals surface area contributed by atoms with Gasteiger partial charge in [0.05, 0.1) is 6.54 Å². The molecule has 0 radical (unpaired) electrons. The fraction of sp³-hybridized carbons (Fsp3) is 0.562. The first-order chi connectivity index (χ1) is 11.2. The molecule has 1 aliphatic rings. The highest BCUT2D eigenvalue weighted by Gasteiger charge is 2.19. The molecule has 1 aliphatic heterocycles. The van der Waals surface area contributed by atoms with Crippen LogP contribution in [0.4, 0.5) is 11.6 Å². The first kappa shape index (κ1) is 15.7. The van der Waals surface area contributed by atoms with E-state index in [1.165, 1.54) is 0 Å². The molecule has 0 aromatic carbocycles. The first-order valence-electron chi connectivity index (χ1n) is 8.16. The second kappa shape index (κ2) is 7.41. The van der Waals surface area contributed by atoms with E-state index >= 15 is 0 Å². The minimum atomic E-state index is 0.487. The Kier molecular flexibility index (Phi) is 5.07. The van der Waals surface area contributed by atoms with Gasteiger partial charge in [0.25, 0.3) is 0 Å². The molecule has 3 rings (SSSR count). The van der Waals surface area contributed by atoms with Gasteiger partial charge in [-0.2, -0.15) is 5.10 Å². The van der Waals surface area contributed by atoms with E-state index in [4.69, 9.17) is 0 Å². The molecule has 2 aromatic heterocycles. The minimum Gasteiger partial charge on any atom is -0.367 e. The van der Waals surface area contributed by atoms with Crippen LogP contribution in [0.2, 0.25) is 0 Å².